The number of halogens is 1. The molecule has 0 atom stereocenters. The topological polar surface area (TPSA) is 81.1 Å². The number of nitrogens with one attached hydrogen (secondary N) is 2. The third-order valence-electron chi connectivity index (χ3n) is 4.55. The molecule has 2 amide bonds. The van der Waals surface area contributed by atoms with Crippen LogP contribution >= 0.6 is 0 Å². The van der Waals surface area contributed by atoms with E-state index < -0.39 is 11.8 Å². The maximum Gasteiger partial charge on any atom is 0.323 e. The van der Waals surface area contributed by atoms with E-state index in [1.807, 2.05) is 19.2 Å². The number of aryl methyl sites for hydroxylation is 1. The third kappa shape index (κ3) is 3.73. The third-order valence-corrected chi connectivity index (χ3v) is 4.55. The summed E-state index contributed by atoms with van der Waals surface area (Å²) in [7, 11) is 3.34. The second-order valence-corrected chi connectivity index (χ2v) is 6.39. The predicted octanol–water partition coefficient (Wildman–Crippen LogP) is 4.43. The van der Waals surface area contributed by atoms with E-state index in [2.05, 4.69) is 20.7 Å². The van der Waals surface area contributed by atoms with Gasteiger partial charge in [0.2, 0.25) is 0 Å². The molecule has 0 unspecified atom stereocenters. The lowest BCUT2D eigenvalue weighted by atomic mass is 10.0. The van der Waals surface area contributed by atoms with E-state index in [-0.39, 0.29) is 5.69 Å². The molecule has 0 saturated carbocycles. The summed E-state index contributed by atoms with van der Waals surface area (Å²) in [5.41, 5.74) is 3.43. The van der Waals surface area contributed by atoms with Crippen molar-refractivity contribution in [2.75, 3.05) is 17.7 Å². The zero-order chi connectivity index (χ0) is 20.4. The molecule has 4 rings (SSSR count). The maximum atomic E-state index is 13.9. The van der Waals surface area contributed by atoms with E-state index in [9.17, 15) is 9.18 Å². The molecule has 4 aromatic rings. The number of benzene rings is 2. The van der Waals surface area contributed by atoms with Crippen LogP contribution in [0.5, 0.6) is 5.75 Å². The van der Waals surface area contributed by atoms with Crippen LogP contribution in [0, 0.1) is 5.82 Å². The number of anilines is 2. The van der Waals surface area contributed by atoms with E-state index >= 15 is 0 Å². The van der Waals surface area contributed by atoms with Gasteiger partial charge in [-0.15, -0.1) is 0 Å². The molecule has 2 aromatic carbocycles. The first-order valence-electron chi connectivity index (χ1n) is 8.83. The minimum absolute atomic E-state index is 0.0350. The van der Waals surface area contributed by atoms with Crippen LogP contribution < -0.4 is 15.4 Å². The Morgan fingerprint density at radius 1 is 1.07 bits per heavy atom. The van der Waals surface area contributed by atoms with Crippen molar-refractivity contribution >= 4 is 28.3 Å². The Kier molecular flexibility index (Phi) is 4.82. The van der Waals surface area contributed by atoms with Crippen LogP contribution in [-0.2, 0) is 7.05 Å². The van der Waals surface area contributed by atoms with Crippen LogP contribution in [0.15, 0.2) is 61.1 Å². The number of pyridine rings is 1. The van der Waals surface area contributed by atoms with Crippen LogP contribution in [-0.4, -0.2) is 27.9 Å². The smallest absolute Gasteiger partial charge is 0.323 e. The van der Waals surface area contributed by atoms with E-state index in [1.54, 1.807) is 35.4 Å². The summed E-state index contributed by atoms with van der Waals surface area (Å²) in [6.07, 6.45) is 5.35. The Labute approximate surface area is 166 Å². The molecule has 0 bridgehead atoms. The van der Waals surface area contributed by atoms with Crippen molar-refractivity contribution in [3.05, 3.63) is 66.9 Å². The molecule has 0 spiro atoms. The normalized spacial score (nSPS) is 10.7. The van der Waals surface area contributed by atoms with Gasteiger partial charge in [0, 0.05) is 35.9 Å². The van der Waals surface area contributed by atoms with Crippen LogP contribution in [0.2, 0.25) is 0 Å². The molecule has 2 N–H and O–H groups in total. The molecular formula is C21H18FN5O2. The number of carbonyl (C=O) groups excluding carboxylic acids is 1. The fourth-order valence-corrected chi connectivity index (χ4v) is 3.03. The number of amides is 2. The number of hydrogen-bond donors (Lipinski definition) is 2. The first kappa shape index (κ1) is 18.4. The first-order chi connectivity index (χ1) is 14.0. The Morgan fingerprint density at radius 2 is 1.86 bits per heavy atom. The lowest BCUT2D eigenvalue weighted by Crippen LogP contribution is -2.20. The van der Waals surface area contributed by atoms with Gasteiger partial charge in [0.05, 0.1) is 30.7 Å². The van der Waals surface area contributed by atoms with Gasteiger partial charge in [-0.05, 0) is 29.8 Å². The number of carbonyl (C=O) groups is 1. The lowest BCUT2D eigenvalue weighted by molar-refractivity contribution is 0.262. The van der Waals surface area contributed by atoms with Gasteiger partial charge in [-0.3, -0.25) is 9.67 Å². The summed E-state index contributed by atoms with van der Waals surface area (Å²) >= 11 is 0. The second-order valence-electron chi connectivity index (χ2n) is 6.39. The molecule has 0 radical (unpaired) electrons. The zero-order valence-corrected chi connectivity index (χ0v) is 15.8. The highest BCUT2D eigenvalue weighted by Gasteiger charge is 2.10. The molecule has 146 valence electrons. The maximum absolute atomic E-state index is 13.9. The standard InChI is InChI=1S/C21H18FN5O2/c1-27-20-12-23-10-16(17(20)11-24-27)13-3-5-14(6-4-13)25-21(28)26-19-9-15(29-2)7-8-18(19)22/h3-12H,1-2H3,(H2,25,26,28). The van der Waals surface area contributed by atoms with Crippen molar-refractivity contribution in [3.63, 3.8) is 0 Å². The molecule has 29 heavy (non-hydrogen) atoms. The van der Waals surface area contributed by atoms with Crippen LogP contribution in [0.3, 0.4) is 0 Å². The van der Waals surface area contributed by atoms with E-state index in [4.69, 9.17) is 4.74 Å². The number of fused-ring (bicyclic) bond motifs is 1. The van der Waals surface area contributed by atoms with Gasteiger partial charge < -0.3 is 15.4 Å². The average molecular weight is 391 g/mol. The molecular weight excluding hydrogens is 373 g/mol. The van der Waals surface area contributed by atoms with E-state index in [0.717, 1.165) is 22.0 Å². The summed E-state index contributed by atoms with van der Waals surface area (Å²) in [4.78, 5) is 16.5. The summed E-state index contributed by atoms with van der Waals surface area (Å²) in [5, 5.41) is 10.4. The largest absolute Gasteiger partial charge is 0.497 e. The second kappa shape index (κ2) is 7.59. The molecule has 2 heterocycles. The Balaban J connectivity index is 1.50. The SMILES string of the molecule is COc1ccc(F)c(NC(=O)Nc2ccc(-c3cncc4c3cnn4C)cc2)c1. The Bertz CT molecular complexity index is 1190. The number of ether oxygens (including phenoxy) is 1. The summed E-state index contributed by atoms with van der Waals surface area (Å²) in [6, 6.07) is 10.9. The molecule has 0 aliphatic heterocycles. The van der Waals surface area contributed by atoms with Gasteiger partial charge in [0.1, 0.15) is 11.6 Å². The number of rotatable bonds is 4. The van der Waals surface area contributed by atoms with Crippen molar-refractivity contribution in [1.82, 2.24) is 14.8 Å². The number of aromatic nitrogens is 3. The van der Waals surface area contributed by atoms with E-state index in [1.165, 1.54) is 25.3 Å². The van der Waals surface area contributed by atoms with Crippen molar-refractivity contribution in [3.8, 4) is 16.9 Å². The molecule has 0 fully saturated rings. The monoisotopic (exact) mass is 391 g/mol. The highest BCUT2D eigenvalue weighted by molar-refractivity contribution is 6.00. The van der Waals surface area contributed by atoms with Crippen molar-refractivity contribution in [1.29, 1.82) is 0 Å². The number of nitrogens with zero attached hydrogens (tertiary/aromatic N) is 3. The average Bonchev–Trinajstić information content (AvgIpc) is 3.11. The quantitative estimate of drug-likeness (QED) is 0.539. The zero-order valence-electron chi connectivity index (χ0n) is 15.8. The predicted molar refractivity (Wildman–Crippen MR) is 110 cm³/mol. The number of urea groups is 1. The van der Waals surface area contributed by atoms with Crippen LogP contribution in [0.1, 0.15) is 0 Å². The number of hydrogen-bond acceptors (Lipinski definition) is 4. The number of methoxy groups -OCH3 is 1. The van der Waals surface area contributed by atoms with Gasteiger partial charge in [0.25, 0.3) is 0 Å². The first-order valence-corrected chi connectivity index (χ1v) is 8.83. The summed E-state index contributed by atoms with van der Waals surface area (Å²) in [5.74, 6) is -0.0994. The fourth-order valence-electron chi connectivity index (χ4n) is 3.03. The minimum atomic E-state index is -0.555. The van der Waals surface area contributed by atoms with Gasteiger partial charge >= 0.3 is 6.03 Å². The Morgan fingerprint density at radius 3 is 2.62 bits per heavy atom. The van der Waals surface area contributed by atoms with E-state index in [0.29, 0.717) is 11.4 Å². The van der Waals surface area contributed by atoms with Gasteiger partial charge in [-0.25, -0.2) is 9.18 Å². The van der Waals surface area contributed by atoms with Crippen molar-refractivity contribution in [2.45, 2.75) is 0 Å². The van der Waals surface area contributed by atoms with Gasteiger partial charge in [-0.1, -0.05) is 12.1 Å². The van der Waals surface area contributed by atoms with Crippen molar-refractivity contribution in [2.24, 2.45) is 7.05 Å². The molecule has 7 nitrogen and oxygen atoms in total. The lowest BCUT2D eigenvalue weighted by Gasteiger charge is -2.10. The van der Waals surface area contributed by atoms with Gasteiger partial charge in [0.15, 0.2) is 0 Å². The molecule has 0 aliphatic rings. The van der Waals surface area contributed by atoms with Crippen LogP contribution in [0.4, 0.5) is 20.6 Å². The minimum Gasteiger partial charge on any atom is -0.497 e. The molecule has 0 saturated heterocycles. The molecule has 8 heteroatoms. The highest BCUT2D eigenvalue weighted by atomic mass is 19.1. The molecule has 0 aliphatic carbocycles. The summed E-state index contributed by atoms with van der Waals surface area (Å²) < 4.78 is 20.7. The van der Waals surface area contributed by atoms with Crippen LogP contribution in [0.25, 0.3) is 22.0 Å². The summed E-state index contributed by atoms with van der Waals surface area (Å²) in [6.45, 7) is 0. The fraction of sp³-hybridized carbons (Fsp3) is 0.0952. The van der Waals surface area contributed by atoms with Crippen molar-refractivity contribution < 1.29 is 13.9 Å². The highest BCUT2D eigenvalue weighted by Crippen LogP contribution is 2.28. The van der Waals surface area contributed by atoms with Gasteiger partial charge in [-0.2, -0.15) is 5.10 Å². The Hall–Kier alpha value is -3.94. The molecule has 2 aromatic heterocycles.